The monoisotopic (exact) mass is 249 g/mol. The minimum absolute atomic E-state index is 0.501. The third kappa shape index (κ3) is 1.76. The molecule has 0 N–H and O–H groups in total. The van der Waals surface area contributed by atoms with E-state index < -0.39 is 0 Å². The highest BCUT2D eigenvalue weighted by Gasteiger charge is 2.12. The van der Waals surface area contributed by atoms with Crippen LogP contribution in [0.5, 0.6) is 0 Å². The predicted molar refractivity (Wildman–Crippen MR) is 69.1 cm³/mol. The first-order chi connectivity index (χ1) is 7.86. The zero-order chi connectivity index (χ0) is 11.0. The van der Waals surface area contributed by atoms with E-state index in [2.05, 4.69) is 23.2 Å². The summed E-state index contributed by atoms with van der Waals surface area (Å²) in [6.45, 7) is 0. The SMILES string of the molecule is ClCc1csc(-c2ccc3c(c2)CCC3)n1. The van der Waals surface area contributed by atoms with Gasteiger partial charge in [0, 0.05) is 10.9 Å². The fourth-order valence-corrected chi connectivity index (χ4v) is 3.25. The van der Waals surface area contributed by atoms with Gasteiger partial charge < -0.3 is 0 Å². The Bertz CT molecular complexity index is 518. The lowest BCUT2D eigenvalue weighted by Crippen LogP contribution is -1.84. The van der Waals surface area contributed by atoms with Crippen LogP contribution in [-0.2, 0) is 18.7 Å². The van der Waals surface area contributed by atoms with Crippen LogP contribution in [0.25, 0.3) is 10.6 Å². The lowest BCUT2D eigenvalue weighted by atomic mass is 10.1. The largest absolute Gasteiger partial charge is 0.240 e. The maximum Gasteiger partial charge on any atom is 0.123 e. The number of halogens is 1. The first kappa shape index (κ1) is 10.3. The van der Waals surface area contributed by atoms with E-state index in [0.29, 0.717) is 5.88 Å². The Morgan fingerprint density at radius 3 is 2.94 bits per heavy atom. The highest BCUT2D eigenvalue weighted by molar-refractivity contribution is 7.13. The Morgan fingerprint density at radius 1 is 1.25 bits per heavy atom. The molecule has 1 aliphatic carbocycles. The number of hydrogen-bond donors (Lipinski definition) is 0. The van der Waals surface area contributed by atoms with Crippen LogP contribution in [0.15, 0.2) is 23.6 Å². The van der Waals surface area contributed by atoms with Gasteiger partial charge in [-0.3, -0.25) is 0 Å². The van der Waals surface area contributed by atoms with E-state index in [0.717, 1.165) is 10.7 Å². The molecule has 0 amide bonds. The molecule has 0 saturated carbocycles. The van der Waals surface area contributed by atoms with Crippen LogP contribution in [0, 0.1) is 0 Å². The Kier molecular flexibility index (Phi) is 2.70. The van der Waals surface area contributed by atoms with Crippen molar-refractivity contribution in [3.8, 4) is 10.6 Å². The first-order valence-electron chi connectivity index (χ1n) is 5.49. The number of nitrogens with zero attached hydrogens (tertiary/aromatic N) is 1. The van der Waals surface area contributed by atoms with Gasteiger partial charge in [-0.1, -0.05) is 12.1 Å². The molecule has 1 nitrogen and oxygen atoms in total. The molecule has 0 fully saturated rings. The first-order valence-corrected chi connectivity index (χ1v) is 6.91. The molecule has 82 valence electrons. The van der Waals surface area contributed by atoms with Crippen LogP contribution in [0.4, 0.5) is 0 Å². The summed E-state index contributed by atoms with van der Waals surface area (Å²) in [5.74, 6) is 0.501. The molecule has 2 aromatic rings. The smallest absolute Gasteiger partial charge is 0.123 e. The molecule has 1 aromatic carbocycles. The molecule has 1 heterocycles. The van der Waals surface area contributed by atoms with E-state index in [4.69, 9.17) is 11.6 Å². The van der Waals surface area contributed by atoms with Crippen LogP contribution >= 0.6 is 22.9 Å². The summed E-state index contributed by atoms with van der Waals surface area (Å²) >= 11 is 7.44. The van der Waals surface area contributed by atoms with E-state index >= 15 is 0 Å². The van der Waals surface area contributed by atoms with Gasteiger partial charge >= 0.3 is 0 Å². The summed E-state index contributed by atoms with van der Waals surface area (Å²) < 4.78 is 0. The lowest BCUT2D eigenvalue weighted by molar-refractivity contribution is 0.912. The summed E-state index contributed by atoms with van der Waals surface area (Å²) in [6, 6.07) is 6.72. The van der Waals surface area contributed by atoms with Crippen molar-refractivity contribution >= 4 is 22.9 Å². The van der Waals surface area contributed by atoms with Crippen molar-refractivity contribution in [1.29, 1.82) is 0 Å². The normalized spacial score (nSPS) is 14.1. The molecular formula is C13H12ClNS. The van der Waals surface area contributed by atoms with E-state index in [-0.39, 0.29) is 0 Å². The number of fused-ring (bicyclic) bond motifs is 1. The number of aryl methyl sites for hydroxylation is 2. The molecular weight excluding hydrogens is 238 g/mol. The average molecular weight is 250 g/mol. The lowest BCUT2D eigenvalue weighted by Gasteiger charge is -2.01. The number of alkyl halides is 1. The number of benzene rings is 1. The quantitative estimate of drug-likeness (QED) is 0.732. The molecule has 0 radical (unpaired) electrons. The second-order valence-electron chi connectivity index (χ2n) is 4.11. The van der Waals surface area contributed by atoms with Crippen LogP contribution in [0.3, 0.4) is 0 Å². The highest BCUT2D eigenvalue weighted by atomic mass is 35.5. The van der Waals surface area contributed by atoms with E-state index in [1.54, 1.807) is 11.3 Å². The average Bonchev–Trinajstić information content (AvgIpc) is 2.96. The van der Waals surface area contributed by atoms with Gasteiger partial charge in [-0.25, -0.2) is 4.98 Å². The summed E-state index contributed by atoms with van der Waals surface area (Å²) in [6.07, 6.45) is 3.75. The van der Waals surface area contributed by atoms with Gasteiger partial charge in [-0.2, -0.15) is 0 Å². The number of thiazole rings is 1. The second-order valence-corrected chi connectivity index (χ2v) is 5.24. The molecule has 3 heteroatoms. The van der Waals surface area contributed by atoms with Crippen molar-refractivity contribution in [3.05, 3.63) is 40.4 Å². The predicted octanol–water partition coefficient (Wildman–Crippen LogP) is 4.04. The molecule has 0 aliphatic heterocycles. The molecule has 16 heavy (non-hydrogen) atoms. The van der Waals surface area contributed by atoms with Gasteiger partial charge in [-0.15, -0.1) is 22.9 Å². The molecule has 1 aromatic heterocycles. The van der Waals surface area contributed by atoms with Gasteiger partial charge in [-0.05, 0) is 36.5 Å². The summed E-state index contributed by atoms with van der Waals surface area (Å²) in [7, 11) is 0. The van der Waals surface area contributed by atoms with Gasteiger partial charge in [0.05, 0.1) is 11.6 Å². The van der Waals surface area contributed by atoms with E-state index in [1.165, 1.54) is 36.0 Å². The Balaban J connectivity index is 2.00. The molecule has 0 bridgehead atoms. The van der Waals surface area contributed by atoms with Crippen molar-refractivity contribution < 1.29 is 0 Å². The van der Waals surface area contributed by atoms with Gasteiger partial charge in [0.2, 0.25) is 0 Å². The van der Waals surface area contributed by atoms with Crippen LogP contribution in [-0.4, -0.2) is 4.98 Å². The number of hydrogen-bond acceptors (Lipinski definition) is 2. The molecule has 0 unspecified atom stereocenters. The highest BCUT2D eigenvalue weighted by Crippen LogP contribution is 2.30. The standard InChI is InChI=1S/C13H12ClNS/c14-7-12-8-16-13(15-12)11-5-4-9-2-1-3-10(9)6-11/h4-6,8H,1-3,7H2. The topological polar surface area (TPSA) is 12.9 Å². The summed E-state index contributed by atoms with van der Waals surface area (Å²) in [5.41, 5.74) is 5.22. The van der Waals surface area contributed by atoms with Crippen LogP contribution < -0.4 is 0 Å². The minimum atomic E-state index is 0.501. The van der Waals surface area contributed by atoms with Crippen molar-refractivity contribution in [2.75, 3.05) is 0 Å². The molecule has 0 spiro atoms. The zero-order valence-corrected chi connectivity index (χ0v) is 10.4. The van der Waals surface area contributed by atoms with Crippen molar-refractivity contribution in [2.24, 2.45) is 0 Å². The van der Waals surface area contributed by atoms with Gasteiger partial charge in [0.1, 0.15) is 5.01 Å². The Labute approximate surface area is 104 Å². The van der Waals surface area contributed by atoms with E-state index in [9.17, 15) is 0 Å². The Hall–Kier alpha value is -0.860. The maximum absolute atomic E-state index is 5.77. The number of rotatable bonds is 2. The van der Waals surface area contributed by atoms with Crippen LogP contribution in [0.2, 0.25) is 0 Å². The van der Waals surface area contributed by atoms with Crippen molar-refractivity contribution in [3.63, 3.8) is 0 Å². The van der Waals surface area contributed by atoms with Crippen LogP contribution in [0.1, 0.15) is 23.2 Å². The van der Waals surface area contributed by atoms with Crippen molar-refractivity contribution in [2.45, 2.75) is 25.1 Å². The molecule has 3 rings (SSSR count). The molecule has 1 aliphatic rings. The Morgan fingerprint density at radius 2 is 2.12 bits per heavy atom. The third-order valence-corrected chi connectivity index (χ3v) is 4.25. The minimum Gasteiger partial charge on any atom is -0.240 e. The maximum atomic E-state index is 5.77. The molecule has 0 saturated heterocycles. The summed E-state index contributed by atoms with van der Waals surface area (Å²) in [4.78, 5) is 4.51. The van der Waals surface area contributed by atoms with E-state index in [1.807, 2.05) is 5.38 Å². The van der Waals surface area contributed by atoms with Gasteiger partial charge in [0.15, 0.2) is 0 Å². The van der Waals surface area contributed by atoms with Crippen molar-refractivity contribution in [1.82, 2.24) is 4.98 Å². The molecule has 0 atom stereocenters. The fraction of sp³-hybridized carbons (Fsp3) is 0.308. The zero-order valence-electron chi connectivity index (χ0n) is 8.87. The fourth-order valence-electron chi connectivity index (χ4n) is 2.21. The third-order valence-electron chi connectivity index (χ3n) is 3.03. The van der Waals surface area contributed by atoms with Gasteiger partial charge in [0.25, 0.3) is 0 Å². The summed E-state index contributed by atoms with van der Waals surface area (Å²) in [5, 5.41) is 3.13. The second kappa shape index (κ2) is 4.19. The number of aromatic nitrogens is 1.